The molecule has 174 valence electrons. The number of ketones is 1. The minimum atomic E-state index is 0.0819. The average molecular weight is 434 g/mol. The molecule has 2 aliphatic carbocycles. The van der Waals surface area contributed by atoms with Crippen LogP contribution in [0.2, 0.25) is 0 Å². The van der Waals surface area contributed by atoms with E-state index in [4.69, 9.17) is 0 Å². The van der Waals surface area contributed by atoms with Crippen LogP contribution in [-0.2, 0) is 17.4 Å². The summed E-state index contributed by atoms with van der Waals surface area (Å²) in [6.45, 7) is 17.0. The summed E-state index contributed by atoms with van der Waals surface area (Å²) in [6.07, 6.45) is 8.84. The number of rotatable bonds is 5. The maximum Gasteiger partial charge on any atom is 0.167 e. The van der Waals surface area contributed by atoms with E-state index in [0.29, 0.717) is 5.78 Å². The fraction of sp³-hybridized carbons (Fsp3) is 0.633. The summed E-state index contributed by atoms with van der Waals surface area (Å²) in [5.41, 5.74) is 7.58. The van der Waals surface area contributed by atoms with Crippen LogP contribution in [0.25, 0.3) is 11.3 Å². The zero-order valence-corrected chi connectivity index (χ0v) is 21.5. The van der Waals surface area contributed by atoms with Gasteiger partial charge in [0, 0.05) is 29.4 Å². The molecule has 1 heterocycles. The Kier molecular flexibility index (Phi) is 6.20. The van der Waals surface area contributed by atoms with Gasteiger partial charge in [0.25, 0.3) is 0 Å². The Hall–Kier alpha value is -1.83. The molecule has 2 saturated carbocycles. The van der Waals surface area contributed by atoms with Crippen LogP contribution in [0.1, 0.15) is 114 Å². The fourth-order valence-electron chi connectivity index (χ4n) is 5.20. The Morgan fingerprint density at radius 3 is 1.91 bits per heavy atom. The molecule has 4 rings (SSSR count). The Labute approximate surface area is 195 Å². The van der Waals surface area contributed by atoms with Gasteiger partial charge < -0.3 is 4.57 Å². The number of nitrogens with zero attached hydrogens (tertiary/aromatic N) is 1. The molecular formula is C30H43NO. The van der Waals surface area contributed by atoms with Gasteiger partial charge in [0.05, 0.1) is 0 Å². The highest BCUT2D eigenvalue weighted by Crippen LogP contribution is 2.39. The summed E-state index contributed by atoms with van der Waals surface area (Å²) < 4.78 is 2.50. The molecule has 0 atom stereocenters. The van der Waals surface area contributed by atoms with E-state index in [0.717, 1.165) is 30.9 Å². The van der Waals surface area contributed by atoms with E-state index in [1.807, 2.05) is 0 Å². The minimum Gasteiger partial charge on any atom is -0.344 e. The van der Waals surface area contributed by atoms with Crippen LogP contribution in [0, 0.1) is 18.8 Å². The summed E-state index contributed by atoms with van der Waals surface area (Å²) in [5, 5.41) is 0. The maximum atomic E-state index is 13.2. The SMILES string of the molecule is Cc1c(C(=O)C2CC2)cc(-c2cc(C(C)(C)C)cc(C(C)(C)C)c2)n1CC1CCCCC1. The van der Waals surface area contributed by atoms with Crippen molar-refractivity contribution in [2.45, 2.75) is 111 Å². The highest BCUT2D eigenvalue weighted by Gasteiger charge is 2.33. The van der Waals surface area contributed by atoms with Crippen LogP contribution in [0.3, 0.4) is 0 Å². The molecule has 0 radical (unpaired) electrons. The normalized spacial score (nSPS) is 18.2. The molecule has 0 bridgehead atoms. The van der Waals surface area contributed by atoms with Crippen LogP contribution in [0.5, 0.6) is 0 Å². The molecule has 0 unspecified atom stereocenters. The van der Waals surface area contributed by atoms with E-state index < -0.39 is 0 Å². The number of hydrogen-bond acceptors (Lipinski definition) is 1. The number of carbonyl (C=O) groups excluding carboxylic acids is 1. The second kappa shape index (κ2) is 8.50. The summed E-state index contributed by atoms with van der Waals surface area (Å²) >= 11 is 0. The van der Waals surface area contributed by atoms with Crippen molar-refractivity contribution in [3.8, 4) is 11.3 Å². The van der Waals surface area contributed by atoms with Gasteiger partial charge in [0.2, 0.25) is 0 Å². The molecule has 2 heteroatoms. The predicted octanol–water partition coefficient (Wildman–Crippen LogP) is 8.23. The van der Waals surface area contributed by atoms with E-state index in [1.54, 1.807) is 0 Å². The standard InChI is InChI=1S/C30H43NO/c1-20-26(28(32)22-13-14-22)18-27(31(20)19-21-11-9-8-10-12-21)23-15-24(29(2,3)4)17-25(16-23)30(5,6)7/h15-18,21-22H,8-14,19H2,1-7H3. The molecular weight excluding hydrogens is 390 g/mol. The van der Waals surface area contributed by atoms with E-state index >= 15 is 0 Å². The number of aromatic nitrogens is 1. The molecule has 0 aliphatic heterocycles. The second-order valence-electron chi connectivity index (χ2n) is 12.6. The van der Waals surface area contributed by atoms with Crippen LogP contribution in [0.15, 0.2) is 24.3 Å². The summed E-state index contributed by atoms with van der Waals surface area (Å²) in [4.78, 5) is 13.2. The number of benzene rings is 1. The molecule has 2 nitrogen and oxygen atoms in total. The van der Waals surface area contributed by atoms with Gasteiger partial charge in [-0.3, -0.25) is 4.79 Å². The predicted molar refractivity (Wildman–Crippen MR) is 136 cm³/mol. The molecule has 0 amide bonds. The molecule has 1 aromatic heterocycles. The van der Waals surface area contributed by atoms with Gasteiger partial charge in [-0.1, -0.05) is 66.9 Å². The van der Waals surface area contributed by atoms with Crippen molar-refractivity contribution < 1.29 is 4.79 Å². The van der Waals surface area contributed by atoms with Gasteiger partial charge in [-0.05, 0) is 84.2 Å². The molecule has 0 N–H and O–H groups in total. The van der Waals surface area contributed by atoms with E-state index in [2.05, 4.69) is 77.3 Å². The van der Waals surface area contributed by atoms with Gasteiger partial charge in [-0.2, -0.15) is 0 Å². The van der Waals surface area contributed by atoms with Crippen molar-refractivity contribution in [3.05, 3.63) is 46.6 Å². The topological polar surface area (TPSA) is 22.0 Å². The quantitative estimate of drug-likeness (QED) is 0.435. The zero-order valence-electron chi connectivity index (χ0n) is 21.5. The molecule has 2 aliphatic rings. The third-order valence-electron chi connectivity index (χ3n) is 7.71. The van der Waals surface area contributed by atoms with Crippen LogP contribution < -0.4 is 0 Å². The van der Waals surface area contributed by atoms with Crippen molar-refractivity contribution in [3.63, 3.8) is 0 Å². The molecule has 2 aromatic rings. The van der Waals surface area contributed by atoms with Gasteiger partial charge >= 0.3 is 0 Å². The van der Waals surface area contributed by atoms with Gasteiger partial charge in [0.15, 0.2) is 5.78 Å². The first-order chi connectivity index (χ1) is 14.9. The zero-order chi connectivity index (χ0) is 23.3. The number of Topliss-reactive ketones (excluding diaryl/α,β-unsaturated/α-hetero) is 1. The van der Waals surface area contributed by atoms with Crippen molar-refractivity contribution in [2.75, 3.05) is 0 Å². The van der Waals surface area contributed by atoms with Crippen molar-refractivity contribution >= 4 is 5.78 Å². The largest absolute Gasteiger partial charge is 0.344 e. The fourth-order valence-corrected chi connectivity index (χ4v) is 5.20. The lowest BCUT2D eigenvalue weighted by Gasteiger charge is -2.27. The molecule has 0 spiro atoms. The number of hydrogen-bond donors (Lipinski definition) is 0. The molecule has 2 fully saturated rings. The monoisotopic (exact) mass is 433 g/mol. The van der Waals surface area contributed by atoms with Crippen LogP contribution in [0.4, 0.5) is 0 Å². The summed E-state index contributed by atoms with van der Waals surface area (Å²) in [5.74, 6) is 1.36. The third kappa shape index (κ3) is 4.90. The van der Waals surface area contributed by atoms with Gasteiger partial charge in [0.1, 0.15) is 0 Å². The molecule has 32 heavy (non-hydrogen) atoms. The van der Waals surface area contributed by atoms with Crippen LogP contribution >= 0.6 is 0 Å². The highest BCUT2D eigenvalue weighted by atomic mass is 16.1. The van der Waals surface area contributed by atoms with Gasteiger partial charge in [-0.15, -0.1) is 0 Å². The summed E-state index contributed by atoms with van der Waals surface area (Å²) in [6, 6.07) is 9.38. The average Bonchev–Trinajstić information content (AvgIpc) is 3.52. The van der Waals surface area contributed by atoms with E-state index in [1.165, 1.54) is 60.2 Å². The lowest BCUT2D eigenvalue weighted by atomic mass is 9.79. The Morgan fingerprint density at radius 2 is 1.41 bits per heavy atom. The number of carbonyl (C=O) groups is 1. The van der Waals surface area contributed by atoms with Crippen molar-refractivity contribution in [2.24, 2.45) is 11.8 Å². The van der Waals surface area contributed by atoms with E-state index in [9.17, 15) is 4.79 Å². The second-order valence-corrected chi connectivity index (χ2v) is 12.6. The van der Waals surface area contributed by atoms with E-state index in [-0.39, 0.29) is 16.7 Å². The van der Waals surface area contributed by atoms with Gasteiger partial charge in [-0.25, -0.2) is 0 Å². The first-order valence-electron chi connectivity index (χ1n) is 12.9. The van der Waals surface area contributed by atoms with Crippen molar-refractivity contribution in [1.29, 1.82) is 0 Å². The summed E-state index contributed by atoms with van der Waals surface area (Å²) in [7, 11) is 0. The first-order valence-corrected chi connectivity index (χ1v) is 12.9. The smallest absolute Gasteiger partial charge is 0.167 e. The lowest BCUT2D eigenvalue weighted by molar-refractivity contribution is 0.0967. The Morgan fingerprint density at radius 1 is 0.844 bits per heavy atom. The highest BCUT2D eigenvalue weighted by molar-refractivity contribution is 6.01. The van der Waals surface area contributed by atoms with Crippen LogP contribution in [-0.4, -0.2) is 10.4 Å². The lowest BCUT2D eigenvalue weighted by Crippen LogP contribution is -2.18. The third-order valence-corrected chi connectivity index (χ3v) is 7.71. The Balaban J connectivity index is 1.85. The first kappa shape index (κ1) is 23.3. The maximum absolute atomic E-state index is 13.2. The van der Waals surface area contributed by atoms with Crippen molar-refractivity contribution in [1.82, 2.24) is 4.57 Å². The molecule has 0 saturated heterocycles. The minimum absolute atomic E-state index is 0.0819. The molecule has 1 aromatic carbocycles. The Bertz CT molecular complexity index is 953.